The van der Waals surface area contributed by atoms with Crippen LogP contribution in [0.5, 0.6) is 0 Å². The summed E-state index contributed by atoms with van der Waals surface area (Å²) in [6.45, 7) is 4.98. The molecule has 2 aliphatic heterocycles. The lowest BCUT2D eigenvalue weighted by molar-refractivity contribution is 0.411. The molecule has 2 aromatic rings. The predicted octanol–water partition coefficient (Wildman–Crippen LogP) is 2.05. The number of nitrogens with zero attached hydrogens (tertiary/aromatic N) is 6. The highest BCUT2D eigenvalue weighted by Crippen LogP contribution is 2.17. The van der Waals surface area contributed by atoms with E-state index in [1.165, 1.54) is 12.8 Å². The van der Waals surface area contributed by atoms with Crippen LogP contribution in [0.2, 0.25) is 0 Å². The molecule has 0 bridgehead atoms. The van der Waals surface area contributed by atoms with Gasteiger partial charge in [-0.1, -0.05) is 0 Å². The zero-order valence-corrected chi connectivity index (χ0v) is 15.7. The van der Waals surface area contributed by atoms with Crippen molar-refractivity contribution < 1.29 is 0 Å². The summed E-state index contributed by atoms with van der Waals surface area (Å²) in [5.41, 5.74) is 1.15. The monoisotopic (exact) mass is 375 g/mol. The first-order chi connectivity index (χ1) is 12.4. The van der Waals surface area contributed by atoms with Crippen molar-refractivity contribution in [1.29, 1.82) is 0 Å². The summed E-state index contributed by atoms with van der Waals surface area (Å²) >= 11 is 0. The van der Waals surface area contributed by atoms with Crippen molar-refractivity contribution in [2.45, 2.75) is 38.3 Å². The lowest BCUT2D eigenvalue weighted by Crippen LogP contribution is -2.42. The highest BCUT2D eigenvalue weighted by molar-refractivity contribution is 5.85. The summed E-state index contributed by atoms with van der Waals surface area (Å²) in [4.78, 5) is 22.2. The number of piperidine rings is 1. The minimum atomic E-state index is 0. The molecule has 4 heterocycles. The average Bonchev–Trinajstić information content (AvgIpc) is 3.23. The van der Waals surface area contributed by atoms with Crippen LogP contribution in [0.15, 0.2) is 30.9 Å². The zero-order valence-electron chi connectivity index (χ0n) is 14.9. The van der Waals surface area contributed by atoms with Crippen LogP contribution < -0.4 is 15.1 Å². The van der Waals surface area contributed by atoms with Gasteiger partial charge in [-0.05, 0) is 31.7 Å². The second kappa shape index (κ2) is 9.09. The van der Waals surface area contributed by atoms with Crippen molar-refractivity contribution in [2.24, 2.45) is 0 Å². The maximum Gasteiger partial charge on any atom is 0.225 e. The number of nitrogens with one attached hydrogen (secondary N) is 1. The van der Waals surface area contributed by atoms with Gasteiger partial charge in [0.1, 0.15) is 0 Å². The molecule has 2 aliphatic rings. The molecule has 7 nitrogen and oxygen atoms in total. The van der Waals surface area contributed by atoms with Crippen LogP contribution in [0.25, 0.3) is 0 Å². The quantitative estimate of drug-likeness (QED) is 0.857. The topological polar surface area (TPSA) is 70.1 Å². The molecule has 0 spiro atoms. The third kappa shape index (κ3) is 4.59. The Morgan fingerprint density at radius 1 is 0.846 bits per heavy atom. The van der Waals surface area contributed by atoms with E-state index < -0.39 is 0 Å². The fraction of sp³-hybridized carbons (Fsp3) is 0.556. The van der Waals surface area contributed by atoms with Crippen LogP contribution >= 0.6 is 12.4 Å². The minimum Gasteiger partial charge on any atom is -0.341 e. The molecule has 0 unspecified atom stereocenters. The molecule has 0 atom stereocenters. The highest BCUT2D eigenvalue weighted by atomic mass is 35.5. The first-order valence-electron chi connectivity index (χ1n) is 9.20. The van der Waals surface area contributed by atoms with Crippen molar-refractivity contribution in [3.63, 3.8) is 0 Å². The van der Waals surface area contributed by atoms with E-state index in [-0.39, 0.29) is 12.4 Å². The average molecular weight is 376 g/mol. The molecule has 0 aliphatic carbocycles. The molecule has 0 saturated carbocycles. The van der Waals surface area contributed by atoms with Crippen LogP contribution in [0, 0.1) is 0 Å². The van der Waals surface area contributed by atoms with Gasteiger partial charge in [-0.15, -0.1) is 12.4 Å². The molecule has 26 heavy (non-hydrogen) atoms. The largest absolute Gasteiger partial charge is 0.341 e. The number of anilines is 2. The normalized spacial score (nSPS) is 18.0. The van der Waals surface area contributed by atoms with E-state index >= 15 is 0 Å². The van der Waals surface area contributed by atoms with E-state index in [1.807, 2.05) is 18.5 Å². The van der Waals surface area contributed by atoms with E-state index in [9.17, 15) is 0 Å². The Morgan fingerprint density at radius 2 is 1.42 bits per heavy atom. The van der Waals surface area contributed by atoms with E-state index in [0.717, 1.165) is 63.0 Å². The molecule has 0 radical (unpaired) electrons. The van der Waals surface area contributed by atoms with Gasteiger partial charge in [-0.25, -0.2) is 19.9 Å². The van der Waals surface area contributed by atoms with Gasteiger partial charge >= 0.3 is 0 Å². The van der Waals surface area contributed by atoms with Crippen LogP contribution in [0.1, 0.15) is 31.2 Å². The Kier molecular flexibility index (Phi) is 6.57. The van der Waals surface area contributed by atoms with Gasteiger partial charge in [0.25, 0.3) is 0 Å². The summed E-state index contributed by atoms with van der Waals surface area (Å²) in [5.74, 6) is 1.71. The fourth-order valence-electron chi connectivity index (χ4n) is 3.52. The number of hydrogen-bond donors (Lipinski definition) is 1. The van der Waals surface area contributed by atoms with E-state index in [1.54, 1.807) is 12.4 Å². The predicted molar refractivity (Wildman–Crippen MR) is 105 cm³/mol. The molecule has 0 aromatic carbocycles. The van der Waals surface area contributed by atoms with Crippen molar-refractivity contribution in [3.05, 3.63) is 36.4 Å². The van der Waals surface area contributed by atoms with Crippen LogP contribution in [-0.4, -0.2) is 52.2 Å². The van der Waals surface area contributed by atoms with Crippen molar-refractivity contribution in [1.82, 2.24) is 25.3 Å². The lowest BCUT2D eigenvalue weighted by Gasteiger charge is -2.32. The second-order valence-corrected chi connectivity index (χ2v) is 6.78. The Bertz CT molecular complexity index is 653. The van der Waals surface area contributed by atoms with E-state index in [4.69, 9.17) is 0 Å². The third-order valence-corrected chi connectivity index (χ3v) is 5.01. The van der Waals surface area contributed by atoms with Gasteiger partial charge in [-0.3, -0.25) is 0 Å². The number of hydrogen-bond acceptors (Lipinski definition) is 7. The Balaban J connectivity index is 0.00000196. The van der Waals surface area contributed by atoms with E-state index in [2.05, 4.69) is 35.1 Å². The summed E-state index contributed by atoms with van der Waals surface area (Å²) in [7, 11) is 0. The maximum atomic E-state index is 4.53. The molecule has 4 rings (SSSR count). The molecule has 2 aromatic heterocycles. The first kappa shape index (κ1) is 18.8. The van der Waals surface area contributed by atoms with Crippen molar-refractivity contribution in [3.8, 4) is 0 Å². The molecule has 2 fully saturated rings. The van der Waals surface area contributed by atoms with E-state index in [0.29, 0.717) is 6.04 Å². The van der Waals surface area contributed by atoms with Gasteiger partial charge in [-0.2, -0.15) is 0 Å². The smallest absolute Gasteiger partial charge is 0.225 e. The second-order valence-electron chi connectivity index (χ2n) is 6.78. The molecular weight excluding hydrogens is 350 g/mol. The van der Waals surface area contributed by atoms with Gasteiger partial charge < -0.3 is 15.1 Å². The Labute approximate surface area is 160 Å². The number of halogens is 1. The van der Waals surface area contributed by atoms with Crippen LogP contribution in [-0.2, 0) is 6.54 Å². The number of aromatic nitrogens is 4. The molecule has 140 valence electrons. The summed E-state index contributed by atoms with van der Waals surface area (Å²) in [6.07, 6.45) is 12.2. The van der Waals surface area contributed by atoms with Crippen molar-refractivity contribution in [2.75, 3.05) is 36.0 Å². The summed E-state index contributed by atoms with van der Waals surface area (Å²) in [5, 5.41) is 3.64. The summed E-state index contributed by atoms with van der Waals surface area (Å²) in [6, 6.07) is 2.38. The SMILES string of the molecule is Cl.c1cnc(N2CCC(NCc3cnc(N4CCCC4)nc3)CC2)nc1. The standard InChI is InChI=1S/C18H25N7.ClH/c1-2-9-24(8-1)18-22-13-15(14-23-18)12-21-16-4-10-25(11-5-16)17-19-6-3-7-20-17;/h3,6-7,13-14,16,21H,1-2,4-5,8-12H2;1H. The maximum absolute atomic E-state index is 4.53. The minimum absolute atomic E-state index is 0. The molecule has 0 amide bonds. The third-order valence-electron chi connectivity index (χ3n) is 5.01. The van der Waals surface area contributed by atoms with Gasteiger partial charge in [0.05, 0.1) is 0 Å². The van der Waals surface area contributed by atoms with Gasteiger partial charge in [0.2, 0.25) is 11.9 Å². The van der Waals surface area contributed by atoms with Crippen molar-refractivity contribution >= 4 is 24.3 Å². The summed E-state index contributed by atoms with van der Waals surface area (Å²) < 4.78 is 0. The highest BCUT2D eigenvalue weighted by Gasteiger charge is 2.20. The Morgan fingerprint density at radius 3 is 2.08 bits per heavy atom. The Hall–Kier alpha value is -1.99. The number of rotatable bonds is 5. The van der Waals surface area contributed by atoms with Crippen LogP contribution in [0.3, 0.4) is 0 Å². The first-order valence-corrected chi connectivity index (χ1v) is 9.20. The molecular formula is C18H26ClN7. The van der Waals surface area contributed by atoms with Gasteiger partial charge in [0, 0.05) is 69.1 Å². The lowest BCUT2D eigenvalue weighted by atomic mass is 10.1. The van der Waals surface area contributed by atoms with Gasteiger partial charge in [0.15, 0.2) is 0 Å². The zero-order chi connectivity index (χ0) is 16.9. The molecule has 8 heteroatoms. The molecule has 2 saturated heterocycles. The van der Waals surface area contributed by atoms with Crippen LogP contribution in [0.4, 0.5) is 11.9 Å². The molecule has 1 N–H and O–H groups in total. The fourth-order valence-corrected chi connectivity index (χ4v) is 3.52.